The van der Waals surface area contributed by atoms with E-state index in [0.717, 1.165) is 6.42 Å². The molecule has 0 spiro atoms. The maximum absolute atomic E-state index is 12.2. The SMILES string of the molecule is CC(C)OC(=O)[C@@H]1[C@H]2C=C[C@@H]([C@@H]3C[C@H]23)[C@H]1C(=O)O. The number of carbonyl (C=O) groups excluding carboxylic acids is 1. The molecule has 6 atom stereocenters. The first-order chi connectivity index (χ1) is 8.50. The molecule has 0 aromatic heterocycles. The van der Waals surface area contributed by atoms with Crippen LogP contribution in [0.2, 0.25) is 0 Å². The van der Waals surface area contributed by atoms with Crippen molar-refractivity contribution in [3.8, 4) is 0 Å². The molecule has 4 rings (SSSR count). The number of carboxylic acid groups (broad SMARTS) is 1. The van der Waals surface area contributed by atoms with Gasteiger partial charge in [0.05, 0.1) is 17.9 Å². The Bertz CT molecular complexity index is 426. The van der Waals surface area contributed by atoms with E-state index in [1.165, 1.54) is 0 Å². The number of rotatable bonds is 3. The van der Waals surface area contributed by atoms with Crippen LogP contribution in [0.5, 0.6) is 0 Å². The number of fused-ring (bicyclic) bond motifs is 1. The second kappa shape index (κ2) is 3.84. The summed E-state index contributed by atoms with van der Waals surface area (Å²) in [4.78, 5) is 23.6. The van der Waals surface area contributed by atoms with Crippen molar-refractivity contribution in [2.24, 2.45) is 35.5 Å². The van der Waals surface area contributed by atoms with Gasteiger partial charge in [-0.2, -0.15) is 0 Å². The molecule has 0 heterocycles. The molecule has 0 aliphatic heterocycles. The van der Waals surface area contributed by atoms with Crippen LogP contribution < -0.4 is 0 Å². The number of hydrogen-bond acceptors (Lipinski definition) is 3. The van der Waals surface area contributed by atoms with E-state index < -0.39 is 17.8 Å². The van der Waals surface area contributed by atoms with Crippen LogP contribution in [-0.2, 0) is 14.3 Å². The second-order valence-electron chi connectivity index (χ2n) is 5.98. The predicted octanol–water partition coefficient (Wildman–Crippen LogP) is 1.71. The summed E-state index contributed by atoms with van der Waals surface area (Å²) in [6, 6.07) is 0. The van der Waals surface area contributed by atoms with Crippen LogP contribution in [0.3, 0.4) is 0 Å². The van der Waals surface area contributed by atoms with Gasteiger partial charge < -0.3 is 9.84 Å². The summed E-state index contributed by atoms with van der Waals surface area (Å²) >= 11 is 0. The molecular weight excluding hydrogens is 232 g/mol. The predicted molar refractivity (Wildman–Crippen MR) is 63.6 cm³/mol. The molecule has 0 aromatic rings. The maximum Gasteiger partial charge on any atom is 0.310 e. The first-order valence-electron chi connectivity index (χ1n) is 6.62. The Balaban J connectivity index is 1.89. The molecule has 0 aromatic carbocycles. The molecule has 0 unspecified atom stereocenters. The molecule has 1 N–H and O–H groups in total. The van der Waals surface area contributed by atoms with Gasteiger partial charge in [-0.05, 0) is 43.9 Å². The van der Waals surface area contributed by atoms with E-state index in [9.17, 15) is 14.7 Å². The number of carbonyl (C=O) groups is 2. The van der Waals surface area contributed by atoms with Crippen LogP contribution in [0.25, 0.3) is 0 Å². The Morgan fingerprint density at radius 1 is 1.17 bits per heavy atom. The van der Waals surface area contributed by atoms with E-state index in [2.05, 4.69) is 0 Å². The highest BCUT2D eigenvalue weighted by Crippen LogP contribution is 2.63. The lowest BCUT2D eigenvalue weighted by Crippen LogP contribution is -2.47. The molecule has 18 heavy (non-hydrogen) atoms. The fourth-order valence-electron chi connectivity index (χ4n) is 3.85. The average molecular weight is 250 g/mol. The van der Waals surface area contributed by atoms with Gasteiger partial charge in [-0.1, -0.05) is 12.2 Å². The van der Waals surface area contributed by atoms with Gasteiger partial charge in [-0.15, -0.1) is 0 Å². The Labute approximate surface area is 106 Å². The van der Waals surface area contributed by atoms with E-state index >= 15 is 0 Å². The van der Waals surface area contributed by atoms with Gasteiger partial charge in [0.2, 0.25) is 0 Å². The van der Waals surface area contributed by atoms with Crippen LogP contribution in [-0.4, -0.2) is 23.1 Å². The molecule has 4 heteroatoms. The maximum atomic E-state index is 12.2. The summed E-state index contributed by atoms with van der Waals surface area (Å²) in [5, 5.41) is 9.41. The van der Waals surface area contributed by atoms with Gasteiger partial charge >= 0.3 is 11.9 Å². The van der Waals surface area contributed by atoms with E-state index in [4.69, 9.17) is 4.74 Å². The lowest BCUT2D eigenvalue weighted by Gasteiger charge is -2.41. The Morgan fingerprint density at radius 2 is 1.72 bits per heavy atom. The summed E-state index contributed by atoms with van der Waals surface area (Å²) in [6.45, 7) is 3.59. The highest BCUT2D eigenvalue weighted by molar-refractivity contribution is 5.83. The number of hydrogen-bond donors (Lipinski definition) is 1. The highest BCUT2D eigenvalue weighted by atomic mass is 16.5. The first kappa shape index (κ1) is 11.8. The zero-order valence-corrected chi connectivity index (χ0v) is 10.6. The zero-order chi connectivity index (χ0) is 13.0. The Morgan fingerprint density at radius 3 is 2.22 bits per heavy atom. The summed E-state index contributed by atoms with van der Waals surface area (Å²) in [5.74, 6) is -1.15. The molecule has 4 nitrogen and oxygen atoms in total. The lowest BCUT2D eigenvalue weighted by atomic mass is 9.62. The van der Waals surface area contributed by atoms with Crippen molar-refractivity contribution in [3.05, 3.63) is 12.2 Å². The molecule has 2 bridgehead atoms. The summed E-state index contributed by atoms with van der Waals surface area (Å²) in [7, 11) is 0. The molecule has 4 aliphatic rings. The van der Waals surface area contributed by atoms with Gasteiger partial charge in [0.15, 0.2) is 0 Å². The molecule has 98 valence electrons. The minimum absolute atomic E-state index is 0.0298. The monoisotopic (exact) mass is 250 g/mol. The summed E-state index contributed by atoms with van der Waals surface area (Å²) < 4.78 is 5.25. The smallest absolute Gasteiger partial charge is 0.310 e. The summed E-state index contributed by atoms with van der Waals surface area (Å²) in [5.41, 5.74) is 0. The van der Waals surface area contributed by atoms with Gasteiger partial charge in [0.1, 0.15) is 0 Å². The highest BCUT2D eigenvalue weighted by Gasteiger charge is 2.63. The first-order valence-corrected chi connectivity index (χ1v) is 6.62. The Kier molecular flexibility index (Phi) is 2.50. The molecule has 4 aliphatic carbocycles. The van der Waals surface area contributed by atoms with E-state index in [1.54, 1.807) is 13.8 Å². The van der Waals surface area contributed by atoms with E-state index in [-0.39, 0.29) is 23.9 Å². The van der Waals surface area contributed by atoms with Crippen molar-refractivity contribution >= 4 is 11.9 Å². The van der Waals surface area contributed by atoms with Crippen molar-refractivity contribution in [3.63, 3.8) is 0 Å². The van der Waals surface area contributed by atoms with E-state index in [1.807, 2.05) is 12.2 Å². The molecular formula is C14H18O4. The largest absolute Gasteiger partial charge is 0.481 e. The number of allylic oxidation sites excluding steroid dienone is 2. The van der Waals surface area contributed by atoms with Crippen LogP contribution in [0, 0.1) is 35.5 Å². The molecule has 2 saturated carbocycles. The van der Waals surface area contributed by atoms with Gasteiger partial charge in [-0.3, -0.25) is 9.59 Å². The molecule has 0 saturated heterocycles. The summed E-state index contributed by atoms with van der Waals surface area (Å²) in [6.07, 6.45) is 4.94. The molecule has 0 radical (unpaired) electrons. The van der Waals surface area contributed by atoms with Crippen LogP contribution in [0.15, 0.2) is 12.2 Å². The topological polar surface area (TPSA) is 63.6 Å². The third kappa shape index (κ3) is 1.58. The van der Waals surface area contributed by atoms with Gasteiger partial charge in [0.25, 0.3) is 0 Å². The average Bonchev–Trinajstić information content (AvgIpc) is 3.07. The minimum atomic E-state index is -0.856. The quantitative estimate of drug-likeness (QED) is 0.611. The fraction of sp³-hybridized carbons (Fsp3) is 0.714. The number of ether oxygens (including phenoxy) is 1. The van der Waals surface area contributed by atoms with Crippen molar-refractivity contribution in [1.29, 1.82) is 0 Å². The molecule has 2 fully saturated rings. The normalized spacial score (nSPS) is 43.7. The van der Waals surface area contributed by atoms with Crippen LogP contribution >= 0.6 is 0 Å². The lowest BCUT2D eigenvalue weighted by molar-refractivity contribution is -0.167. The second-order valence-corrected chi connectivity index (χ2v) is 5.98. The van der Waals surface area contributed by atoms with Gasteiger partial charge in [0, 0.05) is 0 Å². The number of aliphatic carboxylic acids is 1. The third-order valence-corrected chi connectivity index (χ3v) is 4.56. The van der Waals surface area contributed by atoms with Crippen LogP contribution in [0.1, 0.15) is 20.3 Å². The van der Waals surface area contributed by atoms with Crippen molar-refractivity contribution < 1.29 is 19.4 Å². The standard InChI is InChI=1S/C14H18O4/c1-6(2)18-14(17)12-8-4-3-7(9-5-10(8)9)11(12)13(15)16/h3-4,6-12H,5H2,1-2H3,(H,15,16)/t7-,8-,9-,10+,11+,12+/m0/s1. The minimum Gasteiger partial charge on any atom is -0.481 e. The zero-order valence-electron chi connectivity index (χ0n) is 10.6. The van der Waals surface area contributed by atoms with Crippen molar-refractivity contribution in [2.45, 2.75) is 26.4 Å². The number of esters is 1. The Hall–Kier alpha value is -1.32. The molecule has 0 amide bonds. The van der Waals surface area contributed by atoms with Crippen molar-refractivity contribution in [1.82, 2.24) is 0 Å². The van der Waals surface area contributed by atoms with E-state index in [0.29, 0.717) is 11.8 Å². The third-order valence-electron chi connectivity index (χ3n) is 4.56. The number of carboxylic acids is 1. The van der Waals surface area contributed by atoms with Crippen LogP contribution in [0.4, 0.5) is 0 Å². The van der Waals surface area contributed by atoms with Gasteiger partial charge in [-0.25, -0.2) is 0 Å². The fourth-order valence-corrected chi connectivity index (χ4v) is 3.85. The van der Waals surface area contributed by atoms with Crippen molar-refractivity contribution in [2.75, 3.05) is 0 Å².